The second-order valence-corrected chi connectivity index (χ2v) is 12.0. The zero-order valence-corrected chi connectivity index (χ0v) is 22.7. The number of hydrogen-bond donors (Lipinski definition) is 2. The molecule has 0 saturated heterocycles. The molecule has 2 N–H and O–H groups in total. The number of benzene rings is 1. The number of nitro benzene ring substituents is 1. The van der Waals surface area contributed by atoms with Gasteiger partial charge in [0.1, 0.15) is 6.10 Å². The Morgan fingerprint density at radius 3 is 2.46 bits per heavy atom. The SMILES string of the molecule is CC(C)(C)NCCOCCn1cc(CC(OC(=O)C(C)(C)C)c2ccc(S(=O)(=O)O)c([N+](=O)[O-])c2)nn1. The van der Waals surface area contributed by atoms with Crippen molar-refractivity contribution in [3.8, 4) is 0 Å². The lowest BCUT2D eigenvalue weighted by molar-refractivity contribution is -0.388. The van der Waals surface area contributed by atoms with E-state index in [2.05, 4.69) is 36.4 Å². The first-order valence-electron chi connectivity index (χ1n) is 11.7. The summed E-state index contributed by atoms with van der Waals surface area (Å²) in [5, 5.41) is 22.9. The van der Waals surface area contributed by atoms with Gasteiger partial charge in [-0.25, -0.2) is 4.68 Å². The van der Waals surface area contributed by atoms with Gasteiger partial charge in [-0.2, -0.15) is 8.42 Å². The third kappa shape index (κ3) is 9.80. The zero-order chi connectivity index (χ0) is 28.0. The molecule has 1 aromatic carbocycles. The number of rotatable bonds is 12. The molecule has 0 aliphatic heterocycles. The van der Waals surface area contributed by atoms with Gasteiger partial charge in [0, 0.05) is 30.8 Å². The van der Waals surface area contributed by atoms with Crippen LogP contribution in [0.1, 0.15) is 58.9 Å². The number of esters is 1. The molecular formula is C23H35N5O8S. The van der Waals surface area contributed by atoms with E-state index in [0.29, 0.717) is 32.0 Å². The second-order valence-electron chi connectivity index (χ2n) is 10.6. The van der Waals surface area contributed by atoms with Gasteiger partial charge in [-0.1, -0.05) is 11.3 Å². The largest absolute Gasteiger partial charge is 0.457 e. The Morgan fingerprint density at radius 2 is 1.89 bits per heavy atom. The van der Waals surface area contributed by atoms with Crippen LogP contribution in [0.5, 0.6) is 0 Å². The lowest BCUT2D eigenvalue weighted by Gasteiger charge is -2.23. The quantitative estimate of drug-likeness (QED) is 0.133. The van der Waals surface area contributed by atoms with E-state index in [1.807, 2.05) is 0 Å². The zero-order valence-electron chi connectivity index (χ0n) is 21.9. The Balaban J connectivity index is 2.19. The molecule has 206 valence electrons. The Hall–Kier alpha value is -2.94. The maximum Gasteiger partial charge on any atom is 0.311 e. The first kappa shape index (κ1) is 30.3. The molecule has 0 saturated carbocycles. The summed E-state index contributed by atoms with van der Waals surface area (Å²) in [4.78, 5) is 22.3. The highest BCUT2D eigenvalue weighted by Gasteiger charge is 2.31. The van der Waals surface area contributed by atoms with Crippen molar-refractivity contribution in [3.05, 3.63) is 45.8 Å². The van der Waals surface area contributed by atoms with E-state index in [0.717, 1.165) is 12.1 Å². The van der Waals surface area contributed by atoms with Crippen LogP contribution in [-0.2, 0) is 37.4 Å². The molecule has 14 heteroatoms. The maximum atomic E-state index is 12.6. The van der Waals surface area contributed by atoms with E-state index >= 15 is 0 Å². The topological polar surface area (TPSA) is 176 Å². The summed E-state index contributed by atoms with van der Waals surface area (Å²) < 4.78 is 45.3. The van der Waals surface area contributed by atoms with Gasteiger partial charge in [0.2, 0.25) is 0 Å². The minimum absolute atomic E-state index is 0.00422. The molecule has 2 rings (SSSR count). The van der Waals surface area contributed by atoms with Crippen LogP contribution >= 0.6 is 0 Å². The Kier molecular flexibility index (Phi) is 9.88. The fourth-order valence-corrected chi connectivity index (χ4v) is 3.76. The number of ether oxygens (including phenoxy) is 2. The van der Waals surface area contributed by atoms with Crippen molar-refractivity contribution in [1.29, 1.82) is 0 Å². The number of nitrogens with zero attached hydrogens (tertiary/aromatic N) is 4. The molecule has 0 fully saturated rings. The predicted octanol–water partition coefficient (Wildman–Crippen LogP) is 2.71. The molecule has 0 spiro atoms. The molecule has 0 amide bonds. The van der Waals surface area contributed by atoms with Gasteiger partial charge in [-0.3, -0.25) is 19.5 Å². The average molecular weight is 542 g/mol. The van der Waals surface area contributed by atoms with E-state index < -0.39 is 43.1 Å². The number of hydrogen-bond acceptors (Lipinski definition) is 10. The van der Waals surface area contributed by atoms with Crippen LogP contribution < -0.4 is 5.32 Å². The number of aromatic nitrogens is 3. The molecular weight excluding hydrogens is 506 g/mol. The van der Waals surface area contributed by atoms with Crippen LogP contribution in [-0.4, -0.2) is 64.2 Å². The van der Waals surface area contributed by atoms with Crippen molar-refractivity contribution >= 4 is 21.8 Å². The number of nitro groups is 1. The van der Waals surface area contributed by atoms with Crippen LogP contribution in [0, 0.1) is 15.5 Å². The highest BCUT2D eigenvalue weighted by Crippen LogP contribution is 2.32. The molecule has 37 heavy (non-hydrogen) atoms. The van der Waals surface area contributed by atoms with E-state index in [1.165, 1.54) is 6.07 Å². The first-order valence-corrected chi connectivity index (χ1v) is 13.1. The summed E-state index contributed by atoms with van der Waals surface area (Å²) in [7, 11) is -4.84. The summed E-state index contributed by atoms with van der Waals surface area (Å²) >= 11 is 0. The van der Waals surface area contributed by atoms with E-state index in [9.17, 15) is 27.9 Å². The normalized spacial score (nSPS) is 13.4. The van der Waals surface area contributed by atoms with Crippen molar-refractivity contribution in [2.75, 3.05) is 19.8 Å². The molecule has 0 aliphatic rings. The molecule has 13 nitrogen and oxygen atoms in total. The molecule has 2 aromatic rings. The minimum atomic E-state index is -4.84. The van der Waals surface area contributed by atoms with Crippen molar-refractivity contribution in [1.82, 2.24) is 20.3 Å². The van der Waals surface area contributed by atoms with Crippen molar-refractivity contribution in [2.24, 2.45) is 5.41 Å². The van der Waals surface area contributed by atoms with Gasteiger partial charge >= 0.3 is 16.1 Å². The van der Waals surface area contributed by atoms with Gasteiger partial charge in [0.05, 0.1) is 35.8 Å². The number of carbonyl (C=O) groups excluding carboxylic acids is 1. The third-order valence-electron chi connectivity index (χ3n) is 5.04. The van der Waals surface area contributed by atoms with Crippen LogP contribution in [0.2, 0.25) is 0 Å². The van der Waals surface area contributed by atoms with E-state index in [-0.39, 0.29) is 17.5 Å². The summed E-state index contributed by atoms with van der Waals surface area (Å²) in [5.41, 5.74) is -1.08. The van der Waals surface area contributed by atoms with Gasteiger partial charge in [0.15, 0.2) is 4.90 Å². The van der Waals surface area contributed by atoms with Gasteiger partial charge in [-0.15, -0.1) is 5.10 Å². The second kappa shape index (κ2) is 12.1. The molecule has 1 aromatic heterocycles. The summed E-state index contributed by atoms with van der Waals surface area (Å²) in [6.45, 7) is 13.2. The molecule has 0 radical (unpaired) electrons. The Labute approximate surface area is 216 Å². The van der Waals surface area contributed by atoms with Crippen LogP contribution in [0.25, 0.3) is 0 Å². The minimum Gasteiger partial charge on any atom is -0.457 e. The number of carbonyl (C=O) groups is 1. The first-order chi connectivity index (χ1) is 17.0. The third-order valence-corrected chi connectivity index (χ3v) is 5.94. The Bertz CT molecular complexity index is 1200. The van der Waals surface area contributed by atoms with E-state index in [1.54, 1.807) is 31.6 Å². The fourth-order valence-electron chi connectivity index (χ4n) is 3.12. The molecule has 0 aliphatic carbocycles. The van der Waals surface area contributed by atoms with Gasteiger partial charge < -0.3 is 14.8 Å². The lowest BCUT2D eigenvalue weighted by Crippen LogP contribution is -2.38. The number of nitrogens with one attached hydrogen (secondary N) is 1. The summed E-state index contributed by atoms with van der Waals surface area (Å²) in [6, 6.07) is 3.12. The monoisotopic (exact) mass is 541 g/mol. The van der Waals surface area contributed by atoms with Crippen LogP contribution in [0.3, 0.4) is 0 Å². The molecule has 1 heterocycles. The van der Waals surface area contributed by atoms with Crippen LogP contribution in [0.15, 0.2) is 29.3 Å². The average Bonchev–Trinajstić information content (AvgIpc) is 3.20. The highest BCUT2D eigenvalue weighted by molar-refractivity contribution is 7.86. The summed E-state index contributed by atoms with van der Waals surface area (Å²) in [5.74, 6) is -0.566. The lowest BCUT2D eigenvalue weighted by atomic mass is 9.96. The smallest absolute Gasteiger partial charge is 0.311 e. The highest BCUT2D eigenvalue weighted by atomic mass is 32.2. The van der Waals surface area contributed by atoms with Crippen molar-refractivity contribution < 1.29 is 32.2 Å². The molecule has 1 unspecified atom stereocenters. The van der Waals surface area contributed by atoms with Crippen molar-refractivity contribution in [2.45, 2.75) is 71.0 Å². The van der Waals surface area contributed by atoms with E-state index in [4.69, 9.17) is 9.47 Å². The molecule has 1 atom stereocenters. The van der Waals surface area contributed by atoms with Gasteiger partial charge in [0.25, 0.3) is 5.69 Å². The summed E-state index contributed by atoms with van der Waals surface area (Å²) in [6.07, 6.45) is 0.654. The standard InChI is InChI=1S/C23H35N5O8S/c1-22(2,3)21(29)36-19(16-7-8-20(37(32,33)34)18(13-16)28(30)31)14-17-15-27(26-25-17)10-12-35-11-9-24-23(4,5)6/h7-8,13,15,19,24H,9-12,14H2,1-6H3,(H,32,33,34). The molecule has 0 bridgehead atoms. The fraction of sp³-hybridized carbons (Fsp3) is 0.609. The van der Waals surface area contributed by atoms with Crippen LogP contribution in [0.4, 0.5) is 5.69 Å². The predicted molar refractivity (Wildman–Crippen MR) is 133 cm³/mol. The maximum absolute atomic E-state index is 12.6. The van der Waals surface area contributed by atoms with Gasteiger partial charge in [-0.05, 0) is 53.2 Å². The Morgan fingerprint density at radius 1 is 1.22 bits per heavy atom. The van der Waals surface area contributed by atoms with Crippen molar-refractivity contribution in [3.63, 3.8) is 0 Å².